The second-order valence-electron chi connectivity index (χ2n) is 5.76. The summed E-state index contributed by atoms with van der Waals surface area (Å²) in [5, 5.41) is 3.44. The number of rotatable bonds is 8. The zero-order chi connectivity index (χ0) is 17.9. The largest absolute Gasteiger partial charge is 0.483 e. The Hall–Kier alpha value is -1.47. The Morgan fingerprint density at radius 2 is 2.08 bits per heavy atom. The van der Waals surface area contributed by atoms with E-state index in [1.165, 1.54) is 0 Å². The molecule has 5 nitrogen and oxygen atoms in total. The van der Waals surface area contributed by atoms with Gasteiger partial charge in [0, 0.05) is 6.54 Å². The molecule has 0 aromatic heterocycles. The third kappa shape index (κ3) is 7.88. The number of aryl methyl sites for hydroxylation is 1. The molecule has 0 heterocycles. The summed E-state index contributed by atoms with van der Waals surface area (Å²) in [6.07, 6.45) is 3.08. The minimum absolute atomic E-state index is 0.0642. The first kappa shape index (κ1) is 20.6. The summed E-state index contributed by atoms with van der Waals surface area (Å²) in [6.45, 7) is 6.91. The summed E-state index contributed by atoms with van der Waals surface area (Å²) >= 11 is 6.88. The molecule has 24 heavy (non-hydrogen) atoms. The van der Waals surface area contributed by atoms with Crippen LogP contribution in [0.5, 0.6) is 5.75 Å². The highest BCUT2D eigenvalue weighted by Gasteiger charge is 2.10. The van der Waals surface area contributed by atoms with Crippen molar-refractivity contribution in [1.29, 1.82) is 0 Å². The lowest BCUT2D eigenvalue weighted by atomic mass is 10.0. The molecule has 0 spiro atoms. The first-order valence-electron chi connectivity index (χ1n) is 7.99. The van der Waals surface area contributed by atoms with Crippen LogP contribution in [-0.4, -0.2) is 36.2 Å². The van der Waals surface area contributed by atoms with Crippen LogP contribution in [0.15, 0.2) is 18.2 Å². The molecule has 1 amide bonds. The van der Waals surface area contributed by atoms with Gasteiger partial charge in [0.25, 0.3) is 5.91 Å². The standard InChI is InChI=1S/C17H27N3O2S2/c1-12(2)14-7-6-13(3)10-15(14)22-11-16(21)19-20-17(23)18-8-5-9-24-4/h6-7,10,12H,5,8-9,11H2,1-4H3,(H,19,21)(H2,18,20,23). The number of nitrogens with one attached hydrogen (secondary N) is 3. The number of hydrogen-bond acceptors (Lipinski definition) is 4. The summed E-state index contributed by atoms with van der Waals surface area (Å²) < 4.78 is 5.67. The van der Waals surface area contributed by atoms with Crippen LogP contribution in [0, 0.1) is 6.92 Å². The van der Waals surface area contributed by atoms with Gasteiger partial charge < -0.3 is 10.1 Å². The first-order valence-corrected chi connectivity index (χ1v) is 9.79. The molecular formula is C17H27N3O2S2. The zero-order valence-electron chi connectivity index (χ0n) is 14.8. The molecule has 0 unspecified atom stereocenters. The number of carbonyl (C=O) groups is 1. The number of carbonyl (C=O) groups excluding carboxylic acids is 1. The van der Waals surface area contributed by atoms with Gasteiger partial charge in [0.05, 0.1) is 0 Å². The number of benzene rings is 1. The highest BCUT2D eigenvalue weighted by Crippen LogP contribution is 2.27. The van der Waals surface area contributed by atoms with Crippen LogP contribution < -0.4 is 20.9 Å². The van der Waals surface area contributed by atoms with Gasteiger partial charge in [-0.2, -0.15) is 11.8 Å². The minimum atomic E-state index is -0.278. The van der Waals surface area contributed by atoms with Crippen molar-refractivity contribution in [3.63, 3.8) is 0 Å². The van der Waals surface area contributed by atoms with Gasteiger partial charge in [-0.05, 0) is 60.7 Å². The van der Waals surface area contributed by atoms with E-state index in [9.17, 15) is 4.79 Å². The smallest absolute Gasteiger partial charge is 0.276 e. The van der Waals surface area contributed by atoms with Crippen LogP contribution in [0.3, 0.4) is 0 Å². The minimum Gasteiger partial charge on any atom is -0.483 e. The molecule has 134 valence electrons. The number of hydrazine groups is 1. The molecule has 1 aromatic rings. The summed E-state index contributed by atoms with van der Waals surface area (Å²) in [6, 6.07) is 6.04. The molecule has 0 radical (unpaired) electrons. The fourth-order valence-corrected chi connectivity index (χ4v) is 2.60. The van der Waals surface area contributed by atoms with Crippen molar-refractivity contribution >= 4 is 35.0 Å². The predicted octanol–water partition coefficient (Wildman–Crippen LogP) is 2.75. The molecule has 1 aromatic carbocycles. The van der Waals surface area contributed by atoms with Crippen molar-refractivity contribution in [2.75, 3.05) is 25.2 Å². The molecule has 0 aliphatic rings. The molecule has 0 aliphatic heterocycles. The summed E-state index contributed by atoms with van der Waals surface area (Å²) in [5.74, 6) is 1.88. The Morgan fingerprint density at radius 3 is 2.75 bits per heavy atom. The number of ether oxygens (including phenoxy) is 1. The third-order valence-corrected chi connectivity index (χ3v) is 4.22. The summed E-state index contributed by atoms with van der Waals surface area (Å²) in [5.41, 5.74) is 7.40. The van der Waals surface area contributed by atoms with E-state index in [0.717, 1.165) is 35.6 Å². The van der Waals surface area contributed by atoms with E-state index in [1.807, 2.05) is 25.1 Å². The molecule has 1 rings (SSSR count). The third-order valence-electron chi connectivity index (χ3n) is 3.28. The van der Waals surface area contributed by atoms with Crippen LogP contribution in [0.1, 0.15) is 37.3 Å². The van der Waals surface area contributed by atoms with E-state index in [-0.39, 0.29) is 12.5 Å². The fraction of sp³-hybridized carbons (Fsp3) is 0.529. The van der Waals surface area contributed by atoms with E-state index < -0.39 is 0 Å². The summed E-state index contributed by atoms with van der Waals surface area (Å²) in [7, 11) is 0. The average Bonchev–Trinajstić information content (AvgIpc) is 2.54. The normalized spacial score (nSPS) is 10.4. The Morgan fingerprint density at radius 1 is 1.33 bits per heavy atom. The molecule has 7 heteroatoms. The molecule has 0 fully saturated rings. The van der Waals surface area contributed by atoms with E-state index in [1.54, 1.807) is 11.8 Å². The van der Waals surface area contributed by atoms with Crippen molar-refractivity contribution < 1.29 is 9.53 Å². The van der Waals surface area contributed by atoms with Gasteiger partial charge in [0.15, 0.2) is 11.7 Å². The van der Waals surface area contributed by atoms with Gasteiger partial charge in [0.2, 0.25) is 0 Å². The maximum atomic E-state index is 11.9. The monoisotopic (exact) mass is 369 g/mol. The predicted molar refractivity (Wildman–Crippen MR) is 106 cm³/mol. The van der Waals surface area contributed by atoms with Crippen LogP contribution in [-0.2, 0) is 4.79 Å². The van der Waals surface area contributed by atoms with Crippen LogP contribution in [0.25, 0.3) is 0 Å². The number of thiocarbonyl (C=S) groups is 1. The van der Waals surface area contributed by atoms with Crippen LogP contribution in [0.4, 0.5) is 0 Å². The van der Waals surface area contributed by atoms with Gasteiger partial charge in [-0.1, -0.05) is 26.0 Å². The molecule has 3 N–H and O–H groups in total. The highest BCUT2D eigenvalue weighted by molar-refractivity contribution is 7.98. The molecule has 0 aliphatic carbocycles. The number of thioether (sulfide) groups is 1. The lowest BCUT2D eigenvalue weighted by molar-refractivity contribution is -0.123. The van der Waals surface area contributed by atoms with Crippen molar-refractivity contribution in [2.45, 2.75) is 33.1 Å². The first-order chi connectivity index (χ1) is 11.4. The topological polar surface area (TPSA) is 62.4 Å². The highest BCUT2D eigenvalue weighted by atomic mass is 32.2. The second kappa shape index (κ2) is 11.1. The maximum absolute atomic E-state index is 11.9. The summed E-state index contributed by atoms with van der Waals surface area (Å²) in [4.78, 5) is 11.9. The molecule has 0 saturated heterocycles. The number of hydrogen-bond donors (Lipinski definition) is 3. The second-order valence-corrected chi connectivity index (χ2v) is 7.15. The van der Waals surface area contributed by atoms with Crippen LogP contribution in [0.2, 0.25) is 0 Å². The lowest BCUT2D eigenvalue weighted by Crippen LogP contribution is -2.48. The van der Waals surface area contributed by atoms with E-state index in [2.05, 4.69) is 36.3 Å². The molecule has 0 bridgehead atoms. The Balaban J connectivity index is 2.36. The van der Waals surface area contributed by atoms with Gasteiger partial charge in [-0.25, -0.2) is 0 Å². The number of amides is 1. The van der Waals surface area contributed by atoms with E-state index >= 15 is 0 Å². The van der Waals surface area contributed by atoms with Crippen molar-refractivity contribution in [3.05, 3.63) is 29.3 Å². The Bertz CT molecular complexity index is 551. The SMILES string of the molecule is CSCCCNC(=S)NNC(=O)COc1cc(C)ccc1C(C)C. The zero-order valence-corrected chi connectivity index (χ0v) is 16.4. The van der Waals surface area contributed by atoms with E-state index in [4.69, 9.17) is 17.0 Å². The van der Waals surface area contributed by atoms with Gasteiger partial charge in [-0.3, -0.25) is 15.6 Å². The Labute approximate surface area is 154 Å². The Kier molecular flexibility index (Phi) is 9.56. The molecular weight excluding hydrogens is 342 g/mol. The van der Waals surface area contributed by atoms with Gasteiger partial charge in [-0.15, -0.1) is 0 Å². The lowest BCUT2D eigenvalue weighted by Gasteiger charge is -2.15. The molecule has 0 saturated carbocycles. The quantitative estimate of drug-likeness (QED) is 0.372. The molecule has 0 atom stereocenters. The van der Waals surface area contributed by atoms with Gasteiger partial charge in [0.1, 0.15) is 5.75 Å². The maximum Gasteiger partial charge on any atom is 0.276 e. The van der Waals surface area contributed by atoms with Crippen molar-refractivity contribution in [1.82, 2.24) is 16.2 Å². The van der Waals surface area contributed by atoms with Crippen molar-refractivity contribution in [3.8, 4) is 5.75 Å². The van der Waals surface area contributed by atoms with E-state index in [0.29, 0.717) is 11.0 Å². The van der Waals surface area contributed by atoms with Gasteiger partial charge >= 0.3 is 0 Å². The average molecular weight is 370 g/mol. The van der Waals surface area contributed by atoms with Crippen LogP contribution >= 0.6 is 24.0 Å². The van der Waals surface area contributed by atoms with Crippen molar-refractivity contribution in [2.24, 2.45) is 0 Å². The fourth-order valence-electron chi connectivity index (χ4n) is 2.01.